The van der Waals surface area contributed by atoms with Crippen molar-refractivity contribution in [1.82, 2.24) is 5.32 Å². The molecule has 0 heterocycles. The van der Waals surface area contributed by atoms with Crippen molar-refractivity contribution in [2.24, 2.45) is 5.73 Å². The number of carbonyl (C=O) groups excluding carboxylic acids is 2. The van der Waals surface area contributed by atoms with Gasteiger partial charge in [-0.2, -0.15) is 0 Å². The van der Waals surface area contributed by atoms with Crippen LogP contribution >= 0.6 is 0 Å². The minimum Gasteiger partial charge on any atom is -0.344 e. The highest BCUT2D eigenvalue weighted by Gasteiger charge is 2.14. The van der Waals surface area contributed by atoms with Gasteiger partial charge >= 0.3 is 11.8 Å². The van der Waals surface area contributed by atoms with Crippen molar-refractivity contribution in [3.63, 3.8) is 0 Å². The molecule has 0 saturated heterocycles. The van der Waals surface area contributed by atoms with Crippen molar-refractivity contribution in [2.45, 2.75) is 13.1 Å². The number of amides is 2. The third kappa shape index (κ3) is 4.62. The van der Waals surface area contributed by atoms with Crippen LogP contribution in [0.15, 0.2) is 48.5 Å². The molecule has 4 N–H and O–H groups in total. The lowest BCUT2D eigenvalue weighted by molar-refractivity contribution is -0.384. The molecule has 24 heavy (non-hydrogen) atoms. The molecule has 0 bridgehead atoms. The fourth-order valence-corrected chi connectivity index (χ4v) is 1.98. The Labute approximate surface area is 137 Å². The minimum absolute atomic E-state index is 0.0998. The SMILES string of the molecule is NCc1cccc(CNC(=O)C(=O)Nc2ccc([N+](=O)[O-])cc2)c1. The predicted molar refractivity (Wildman–Crippen MR) is 87.9 cm³/mol. The van der Waals surface area contributed by atoms with E-state index in [2.05, 4.69) is 10.6 Å². The summed E-state index contributed by atoms with van der Waals surface area (Å²) in [5.74, 6) is -1.65. The molecule has 124 valence electrons. The van der Waals surface area contributed by atoms with E-state index < -0.39 is 16.7 Å². The first-order valence-corrected chi connectivity index (χ1v) is 7.11. The zero-order chi connectivity index (χ0) is 17.5. The standard InChI is InChI=1S/C16H16N4O4/c17-9-11-2-1-3-12(8-11)10-18-15(21)16(22)19-13-4-6-14(7-5-13)20(23)24/h1-8H,9-10,17H2,(H,18,21)(H,19,22). The number of hydrogen-bond donors (Lipinski definition) is 3. The van der Waals surface area contributed by atoms with Crippen molar-refractivity contribution < 1.29 is 14.5 Å². The maximum Gasteiger partial charge on any atom is 0.313 e. The Balaban J connectivity index is 1.89. The normalized spacial score (nSPS) is 10.0. The van der Waals surface area contributed by atoms with Crippen LogP contribution in [0, 0.1) is 10.1 Å². The molecular formula is C16H16N4O4. The molecule has 2 amide bonds. The molecule has 0 aliphatic heterocycles. The number of rotatable bonds is 5. The molecule has 0 fully saturated rings. The van der Waals surface area contributed by atoms with E-state index in [0.29, 0.717) is 12.2 Å². The fourth-order valence-electron chi connectivity index (χ4n) is 1.98. The largest absolute Gasteiger partial charge is 0.344 e. The summed E-state index contributed by atoms with van der Waals surface area (Å²) < 4.78 is 0. The first kappa shape index (κ1) is 17.1. The lowest BCUT2D eigenvalue weighted by atomic mass is 10.1. The Kier molecular flexibility index (Phi) is 5.58. The predicted octanol–water partition coefficient (Wildman–Crippen LogP) is 1.31. The second kappa shape index (κ2) is 7.84. The summed E-state index contributed by atoms with van der Waals surface area (Å²) in [5.41, 5.74) is 7.50. The summed E-state index contributed by atoms with van der Waals surface area (Å²) in [4.78, 5) is 33.6. The van der Waals surface area contributed by atoms with Gasteiger partial charge < -0.3 is 16.4 Å². The highest BCUT2D eigenvalue weighted by atomic mass is 16.6. The van der Waals surface area contributed by atoms with Gasteiger partial charge in [0.25, 0.3) is 5.69 Å². The van der Waals surface area contributed by atoms with Crippen molar-refractivity contribution in [3.05, 3.63) is 69.8 Å². The van der Waals surface area contributed by atoms with E-state index in [1.807, 2.05) is 24.3 Å². The van der Waals surface area contributed by atoms with Gasteiger partial charge in [-0.3, -0.25) is 19.7 Å². The molecule has 0 atom stereocenters. The van der Waals surface area contributed by atoms with Gasteiger partial charge in [0.1, 0.15) is 0 Å². The summed E-state index contributed by atoms with van der Waals surface area (Å²) in [6.45, 7) is 0.586. The van der Waals surface area contributed by atoms with E-state index in [-0.39, 0.29) is 12.2 Å². The van der Waals surface area contributed by atoms with Crippen molar-refractivity contribution in [2.75, 3.05) is 5.32 Å². The molecule has 0 aliphatic carbocycles. The molecule has 2 aromatic rings. The first-order chi connectivity index (χ1) is 11.5. The lowest BCUT2D eigenvalue weighted by Gasteiger charge is -2.07. The first-order valence-electron chi connectivity index (χ1n) is 7.11. The summed E-state index contributed by atoms with van der Waals surface area (Å²) in [6, 6.07) is 12.5. The van der Waals surface area contributed by atoms with Crippen molar-refractivity contribution in [3.8, 4) is 0 Å². The number of benzene rings is 2. The monoisotopic (exact) mass is 328 g/mol. The molecule has 8 heteroatoms. The van der Waals surface area contributed by atoms with Crippen LogP contribution in [0.4, 0.5) is 11.4 Å². The highest BCUT2D eigenvalue weighted by Crippen LogP contribution is 2.15. The van der Waals surface area contributed by atoms with Crippen LogP contribution in [0.2, 0.25) is 0 Å². The van der Waals surface area contributed by atoms with Gasteiger partial charge in [0.2, 0.25) is 0 Å². The Morgan fingerprint density at radius 2 is 1.71 bits per heavy atom. The maximum atomic E-state index is 11.8. The number of nitro groups is 1. The quantitative estimate of drug-likeness (QED) is 0.433. The van der Waals surface area contributed by atoms with Gasteiger partial charge in [-0.1, -0.05) is 24.3 Å². The molecule has 2 rings (SSSR count). The molecule has 0 aromatic heterocycles. The molecule has 0 unspecified atom stereocenters. The Hall–Kier alpha value is -3.26. The van der Waals surface area contributed by atoms with Crippen LogP contribution in [0.3, 0.4) is 0 Å². The highest BCUT2D eigenvalue weighted by molar-refractivity contribution is 6.39. The number of nitrogens with one attached hydrogen (secondary N) is 2. The molecule has 0 saturated carbocycles. The number of nitrogens with two attached hydrogens (primary N) is 1. The molecule has 0 spiro atoms. The van der Waals surface area contributed by atoms with Crippen molar-refractivity contribution in [1.29, 1.82) is 0 Å². The van der Waals surface area contributed by atoms with E-state index in [1.54, 1.807) is 0 Å². The number of carbonyl (C=O) groups is 2. The summed E-state index contributed by atoms with van der Waals surface area (Å²) in [6.07, 6.45) is 0. The van der Waals surface area contributed by atoms with Gasteiger partial charge in [-0.25, -0.2) is 0 Å². The number of nitro benzene ring substituents is 1. The van der Waals surface area contributed by atoms with Gasteiger partial charge in [-0.05, 0) is 23.3 Å². The Morgan fingerprint density at radius 1 is 1.04 bits per heavy atom. The number of anilines is 1. The van der Waals surface area contributed by atoms with Gasteiger partial charge in [0.05, 0.1) is 4.92 Å². The zero-order valence-electron chi connectivity index (χ0n) is 12.7. The number of hydrogen-bond acceptors (Lipinski definition) is 5. The molecule has 8 nitrogen and oxygen atoms in total. The minimum atomic E-state index is -0.848. The van der Waals surface area contributed by atoms with Crippen LogP contribution in [0.5, 0.6) is 0 Å². The third-order valence-corrected chi connectivity index (χ3v) is 3.22. The maximum absolute atomic E-state index is 11.8. The summed E-state index contributed by atoms with van der Waals surface area (Å²) >= 11 is 0. The van der Waals surface area contributed by atoms with Crippen LogP contribution in [-0.4, -0.2) is 16.7 Å². The molecule has 2 aromatic carbocycles. The van der Waals surface area contributed by atoms with E-state index in [1.165, 1.54) is 24.3 Å². The fraction of sp³-hybridized carbons (Fsp3) is 0.125. The summed E-state index contributed by atoms with van der Waals surface area (Å²) in [5, 5.41) is 15.4. The molecular weight excluding hydrogens is 312 g/mol. The van der Waals surface area contributed by atoms with Gasteiger partial charge in [-0.15, -0.1) is 0 Å². The Morgan fingerprint density at radius 3 is 2.33 bits per heavy atom. The average Bonchev–Trinajstić information content (AvgIpc) is 2.60. The molecule has 0 radical (unpaired) electrons. The molecule has 0 aliphatic rings. The van der Waals surface area contributed by atoms with Crippen LogP contribution < -0.4 is 16.4 Å². The third-order valence-electron chi connectivity index (χ3n) is 3.22. The van der Waals surface area contributed by atoms with Crippen LogP contribution in [-0.2, 0) is 22.7 Å². The van der Waals surface area contributed by atoms with Crippen molar-refractivity contribution >= 4 is 23.2 Å². The van der Waals surface area contributed by atoms with Gasteiger partial charge in [0.15, 0.2) is 0 Å². The van der Waals surface area contributed by atoms with Gasteiger partial charge in [0, 0.05) is 30.9 Å². The lowest BCUT2D eigenvalue weighted by Crippen LogP contribution is -2.34. The van der Waals surface area contributed by atoms with E-state index in [4.69, 9.17) is 5.73 Å². The zero-order valence-corrected chi connectivity index (χ0v) is 12.7. The van der Waals surface area contributed by atoms with E-state index in [0.717, 1.165) is 11.1 Å². The smallest absolute Gasteiger partial charge is 0.313 e. The number of non-ortho nitro benzene ring substituents is 1. The topological polar surface area (TPSA) is 127 Å². The van der Waals surface area contributed by atoms with Crippen LogP contribution in [0.1, 0.15) is 11.1 Å². The average molecular weight is 328 g/mol. The van der Waals surface area contributed by atoms with E-state index >= 15 is 0 Å². The summed E-state index contributed by atoms with van der Waals surface area (Å²) in [7, 11) is 0. The van der Waals surface area contributed by atoms with Crippen LogP contribution in [0.25, 0.3) is 0 Å². The number of nitrogens with zero attached hydrogens (tertiary/aromatic N) is 1. The second-order valence-corrected chi connectivity index (χ2v) is 4.96. The van der Waals surface area contributed by atoms with E-state index in [9.17, 15) is 19.7 Å². The second-order valence-electron chi connectivity index (χ2n) is 4.96. The Bertz CT molecular complexity index is 759.